The molecule has 1 aliphatic heterocycles. The van der Waals surface area contributed by atoms with Crippen LogP contribution in [-0.2, 0) is 14.3 Å². The average molecular weight is 398 g/mol. The van der Waals surface area contributed by atoms with Gasteiger partial charge in [-0.05, 0) is 54.4 Å². The van der Waals surface area contributed by atoms with Crippen molar-refractivity contribution < 1.29 is 23.5 Å². The standard InChI is InChI=1S/C22H23FN2O4/c1-14(2)13-29-22(28)15-3-7-18(8-4-15)24-21(27)16-11-20(26)25(12-16)19-9-5-17(23)6-10-19/h3-10,14,16H,11-13H2,1-2H3,(H,24,27)/t16-/m1/s1. The van der Waals surface area contributed by atoms with Gasteiger partial charge in [0.1, 0.15) is 5.82 Å². The average Bonchev–Trinajstić information content (AvgIpc) is 3.09. The van der Waals surface area contributed by atoms with E-state index in [-0.39, 0.29) is 36.5 Å². The first-order valence-electron chi connectivity index (χ1n) is 9.47. The fourth-order valence-electron chi connectivity index (χ4n) is 3.01. The van der Waals surface area contributed by atoms with Crippen molar-refractivity contribution in [2.45, 2.75) is 20.3 Å². The van der Waals surface area contributed by atoms with Crippen LogP contribution in [-0.4, -0.2) is 30.9 Å². The Balaban J connectivity index is 1.58. The monoisotopic (exact) mass is 398 g/mol. The summed E-state index contributed by atoms with van der Waals surface area (Å²) in [4.78, 5) is 38.2. The lowest BCUT2D eigenvalue weighted by atomic mass is 10.1. The predicted molar refractivity (Wildman–Crippen MR) is 107 cm³/mol. The molecule has 2 amide bonds. The van der Waals surface area contributed by atoms with Gasteiger partial charge in [0.25, 0.3) is 0 Å². The topological polar surface area (TPSA) is 75.7 Å². The fourth-order valence-corrected chi connectivity index (χ4v) is 3.01. The number of halogens is 1. The number of carbonyl (C=O) groups excluding carboxylic acids is 3. The molecular formula is C22H23FN2O4. The number of amides is 2. The van der Waals surface area contributed by atoms with E-state index in [1.165, 1.54) is 29.2 Å². The Morgan fingerprint density at radius 3 is 2.41 bits per heavy atom. The molecule has 0 aromatic heterocycles. The third-order valence-corrected chi connectivity index (χ3v) is 4.57. The van der Waals surface area contributed by atoms with Gasteiger partial charge >= 0.3 is 5.97 Å². The number of anilines is 2. The molecule has 7 heteroatoms. The van der Waals surface area contributed by atoms with Crippen molar-refractivity contribution in [1.29, 1.82) is 0 Å². The second kappa shape index (κ2) is 8.86. The molecule has 2 aromatic rings. The van der Waals surface area contributed by atoms with Crippen LogP contribution in [0.2, 0.25) is 0 Å². The van der Waals surface area contributed by atoms with E-state index in [4.69, 9.17) is 4.74 Å². The normalized spacial score (nSPS) is 16.2. The summed E-state index contributed by atoms with van der Waals surface area (Å²) < 4.78 is 18.3. The molecule has 29 heavy (non-hydrogen) atoms. The van der Waals surface area contributed by atoms with Crippen molar-refractivity contribution in [3.8, 4) is 0 Å². The number of benzene rings is 2. The third-order valence-electron chi connectivity index (χ3n) is 4.57. The molecule has 6 nitrogen and oxygen atoms in total. The summed E-state index contributed by atoms with van der Waals surface area (Å²) in [6, 6.07) is 12.0. The molecule has 0 aliphatic carbocycles. The van der Waals surface area contributed by atoms with Crippen LogP contribution in [0.3, 0.4) is 0 Å². The Labute approximate surface area is 168 Å². The summed E-state index contributed by atoms with van der Waals surface area (Å²) in [5, 5.41) is 2.77. The molecule has 152 valence electrons. The van der Waals surface area contributed by atoms with Gasteiger partial charge in [0.2, 0.25) is 11.8 Å². The van der Waals surface area contributed by atoms with Crippen LogP contribution < -0.4 is 10.2 Å². The van der Waals surface area contributed by atoms with Crippen LogP contribution in [0.15, 0.2) is 48.5 Å². The van der Waals surface area contributed by atoms with Crippen LogP contribution in [0.1, 0.15) is 30.6 Å². The van der Waals surface area contributed by atoms with E-state index < -0.39 is 11.9 Å². The van der Waals surface area contributed by atoms with Crippen LogP contribution in [0.4, 0.5) is 15.8 Å². The lowest BCUT2D eigenvalue weighted by Gasteiger charge is -2.16. The molecule has 0 saturated carbocycles. The summed E-state index contributed by atoms with van der Waals surface area (Å²) in [5.41, 5.74) is 1.50. The van der Waals surface area contributed by atoms with Crippen molar-refractivity contribution in [1.82, 2.24) is 0 Å². The van der Waals surface area contributed by atoms with Gasteiger partial charge in [-0.1, -0.05) is 13.8 Å². The van der Waals surface area contributed by atoms with Gasteiger partial charge in [-0.15, -0.1) is 0 Å². The van der Waals surface area contributed by atoms with Crippen LogP contribution >= 0.6 is 0 Å². The lowest BCUT2D eigenvalue weighted by Crippen LogP contribution is -2.28. The molecule has 0 bridgehead atoms. The maximum atomic E-state index is 13.1. The summed E-state index contributed by atoms with van der Waals surface area (Å²) >= 11 is 0. The van der Waals surface area contributed by atoms with Gasteiger partial charge in [-0.3, -0.25) is 9.59 Å². The first-order valence-corrected chi connectivity index (χ1v) is 9.47. The maximum Gasteiger partial charge on any atom is 0.338 e. The van der Waals surface area contributed by atoms with E-state index in [1.807, 2.05) is 13.8 Å². The molecule has 1 N–H and O–H groups in total. The zero-order valence-corrected chi connectivity index (χ0v) is 16.4. The van der Waals surface area contributed by atoms with Gasteiger partial charge < -0.3 is 15.0 Å². The molecule has 1 fully saturated rings. The highest BCUT2D eigenvalue weighted by Gasteiger charge is 2.35. The number of nitrogens with zero attached hydrogens (tertiary/aromatic N) is 1. The van der Waals surface area contributed by atoms with E-state index in [0.717, 1.165) is 0 Å². The number of nitrogens with one attached hydrogen (secondary N) is 1. The van der Waals surface area contributed by atoms with Gasteiger partial charge in [-0.25, -0.2) is 9.18 Å². The molecule has 1 aliphatic rings. The third kappa shape index (κ3) is 5.19. The number of hydrogen-bond acceptors (Lipinski definition) is 4. The second-order valence-corrected chi connectivity index (χ2v) is 7.44. The maximum absolute atomic E-state index is 13.1. The number of esters is 1. The molecule has 0 radical (unpaired) electrons. The number of ether oxygens (including phenoxy) is 1. The largest absolute Gasteiger partial charge is 0.462 e. The number of hydrogen-bond donors (Lipinski definition) is 1. The molecule has 3 rings (SSSR count). The SMILES string of the molecule is CC(C)COC(=O)c1ccc(NC(=O)[C@@H]2CC(=O)N(c3ccc(F)cc3)C2)cc1. The van der Waals surface area contributed by atoms with E-state index in [1.54, 1.807) is 24.3 Å². The highest BCUT2D eigenvalue weighted by atomic mass is 19.1. The first-order chi connectivity index (χ1) is 13.8. The van der Waals surface area contributed by atoms with Crippen LogP contribution in [0, 0.1) is 17.7 Å². The smallest absolute Gasteiger partial charge is 0.338 e. The van der Waals surface area contributed by atoms with Crippen molar-refractivity contribution >= 4 is 29.2 Å². The summed E-state index contributed by atoms with van der Waals surface area (Å²) in [6.45, 7) is 4.49. The Kier molecular flexibility index (Phi) is 6.26. The van der Waals surface area contributed by atoms with Crippen LogP contribution in [0.5, 0.6) is 0 Å². The summed E-state index contributed by atoms with van der Waals surface area (Å²) in [5.74, 6) is -1.51. The van der Waals surface area contributed by atoms with Gasteiger partial charge in [-0.2, -0.15) is 0 Å². The van der Waals surface area contributed by atoms with Crippen molar-refractivity contribution in [2.75, 3.05) is 23.4 Å². The van der Waals surface area contributed by atoms with Gasteiger partial charge in [0.15, 0.2) is 0 Å². The van der Waals surface area contributed by atoms with E-state index >= 15 is 0 Å². The molecule has 0 unspecified atom stereocenters. The van der Waals surface area contributed by atoms with E-state index in [2.05, 4.69) is 5.32 Å². The second-order valence-electron chi connectivity index (χ2n) is 7.44. The van der Waals surface area contributed by atoms with Crippen molar-refractivity contribution in [3.05, 3.63) is 59.9 Å². The van der Waals surface area contributed by atoms with E-state index in [9.17, 15) is 18.8 Å². The minimum atomic E-state index is -0.511. The Morgan fingerprint density at radius 2 is 1.79 bits per heavy atom. The minimum absolute atomic E-state index is 0.0861. The molecule has 0 spiro atoms. The van der Waals surface area contributed by atoms with Crippen molar-refractivity contribution in [3.63, 3.8) is 0 Å². The Hall–Kier alpha value is -3.22. The van der Waals surface area contributed by atoms with E-state index in [0.29, 0.717) is 23.5 Å². The molecule has 1 heterocycles. The molecule has 2 aromatic carbocycles. The zero-order chi connectivity index (χ0) is 21.0. The van der Waals surface area contributed by atoms with Gasteiger partial charge in [0, 0.05) is 24.3 Å². The quantitative estimate of drug-likeness (QED) is 0.754. The Bertz CT molecular complexity index is 894. The molecule has 1 saturated heterocycles. The number of carbonyl (C=O) groups is 3. The highest BCUT2D eigenvalue weighted by molar-refractivity contribution is 6.03. The summed E-state index contributed by atoms with van der Waals surface area (Å²) in [7, 11) is 0. The molecule has 1 atom stereocenters. The van der Waals surface area contributed by atoms with Gasteiger partial charge in [0.05, 0.1) is 18.1 Å². The van der Waals surface area contributed by atoms with Crippen molar-refractivity contribution in [2.24, 2.45) is 11.8 Å². The molecular weight excluding hydrogens is 375 g/mol. The minimum Gasteiger partial charge on any atom is -0.462 e. The predicted octanol–water partition coefficient (Wildman–Crippen LogP) is 3.63. The first kappa shape index (κ1) is 20.5. The highest BCUT2D eigenvalue weighted by Crippen LogP contribution is 2.26. The summed E-state index contributed by atoms with van der Waals surface area (Å²) in [6.07, 6.45) is 0.0861. The fraction of sp³-hybridized carbons (Fsp3) is 0.318. The zero-order valence-electron chi connectivity index (χ0n) is 16.4. The number of rotatable bonds is 6. The lowest BCUT2D eigenvalue weighted by molar-refractivity contribution is -0.122. The Morgan fingerprint density at radius 1 is 1.14 bits per heavy atom. The van der Waals surface area contributed by atoms with Crippen LogP contribution in [0.25, 0.3) is 0 Å².